The Kier molecular flexibility index (Phi) is 6.14. The molecule has 2 aromatic carbocycles. The number of benzene rings is 2. The molecule has 3 rings (SSSR count). The van der Waals surface area contributed by atoms with Crippen molar-refractivity contribution in [3.05, 3.63) is 63.6 Å². The summed E-state index contributed by atoms with van der Waals surface area (Å²) in [4.78, 5) is 24.5. The molecule has 0 spiro atoms. The molecule has 5 nitrogen and oxygen atoms in total. The van der Waals surface area contributed by atoms with Crippen molar-refractivity contribution >= 4 is 40.7 Å². The molecule has 1 aliphatic heterocycles. The molecule has 1 heterocycles. The van der Waals surface area contributed by atoms with Gasteiger partial charge in [-0.05, 0) is 49.2 Å². The number of carbonyl (C=O) groups excluding carboxylic acids is 2. The molecule has 0 aliphatic carbocycles. The summed E-state index contributed by atoms with van der Waals surface area (Å²) in [5, 5.41) is 6.20. The molecule has 7 heteroatoms. The molecule has 1 aliphatic rings. The quantitative estimate of drug-likeness (QED) is 0.802. The number of rotatable bonds is 5. The largest absolute Gasteiger partial charge is 0.376 e. The summed E-state index contributed by atoms with van der Waals surface area (Å²) in [6.45, 7) is 1.25. The lowest BCUT2D eigenvalue weighted by Gasteiger charge is -2.11. The van der Waals surface area contributed by atoms with Crippen LogP contribution in [0.4, 0.5) is 5.69 Å². The van der Waals surface area contributed by atoms with Crippen molar-refractivity contribution in [2.45, 2.75) is 18.9 Å². The number of ether oxygens (including phenoxy) is 1. The van der Waals surface area contributed by atoms with Gasteiger partial charge in [-0.15, -0.1) is 0 Å². The monoisotopic (exact) mass is 392 g/mol. The lowest BCUT2D eigenvalue weighted by Crippen LogP contribution is -2.31. The van der Waals surface area contributed by atoms with Gasteiger partial charge in [0.25, 0.3) is 11.8 Å². The van der Waals surface area contributed by atoms with Gasteiger partial charge in [0.15, 0.2) is 0 Å². The lowest BCUT2D eigenvalue weighted by atomic mass is 10.1. The van der Waals surface area contributed by atoms with E-state index >= 15 is 0 Å². The Bertz CT molecular complexity index is 803. The minimum absolute atomic E-state index is 0.0893. The average molecular weight is 393 g/mol. The first-order valence-electron chi connectivity index (χ1n) is 8.30. The molecule has 2 aromatic rings. The number of amides is 2. The van der Waals surface area contributed by atoms with E-state index in [9.17, 15) is 9.59 Å². The van der Waals surface area contributed by atoms with E-state index in [1.165, 1.54) is 0 Å². The standard InChI is InChI=1S/C19H18Cl2N2O3/c20-15-4-1-5-16(17(15)21)23-19(25)13-8-6-12(7-9-13)18(24)22-11-14-3-2-10-26-14/h1,4-9,14H,2-3,10-11H2,(H,22,24)(H,23,25). The highest BCUT2D eigenvalue weighted by Gasteiger charge is 2.17. The van der Waals surface area contributed by atoms with Crippen LogP contribution in [-0.4, -0.2) is 31.1 Å². The zero-order valence-corrected chi connectivity index (χ0v) is 15.4. The first-order valence-corrected chi connectivity index (χ1v) is 9.05. The summed E-state index contributed by atoms with van der Waals surface area (Å²) in [6.07, 6.45) is 2.08. The molecule has 1 unspecified atom stereocenters. The Balaban J connectivity index is 1.60. The lowest BCUT2D eigenvalue weighted by molar-refractivity contribution is 0.0857. The van der Waals surface area contributed by atoms with Crippen LogP contribution in [0.1, 0.15) is 33.6 Å². The second kappa shape index (κ2) is 8.54. The van der Waals surface area contributed by atoms with Crippen molar-refractivity contribution in [1.82, 2.24) is 5.32 Å². The van der Waals surface area contributed by atoms with Crippen molar-refractivity contribution in [3.8, 4) is 0 Å². The van der Waals surface area contributed by atoms with Crippen LogP contribution in [-0.2, 0) is 4.74 Å². The molecule has 136 valence electrons. The van der Waals surface area contributed by atoms with Crippen molar-refractivity contribution in [1.29, 1.82) is 0 Å². The maximum absolute atomic E-state index is 12.3. The highest BCUT2D eigenvalue weighted by atomic mass is 35.5. The number of carbonyl (C=O) groups is 2. The number of hydrogen-bond acceptors (Lipinski definition) is 3. The van der Waals surface area contributed by atoms with Gasteiger partial charge in [0.05, 0.1) is 21.8 Å². The minimum Gasteiger partial charge on any atom is -0.376 e. The van der Waals surface area contributed by atoms with Gasteiger partial charge in [0, 0.05) is 24.3 Å². The molecule has 1 saturated heterocycles. The van der Waals surface area contributed by atoms with Gasteiger partial charge in [-0.3, -0.25) is 9.59 Å². The van der Waals surface area contributed by atoms with Crippen molar-refractivity contribution < 1.29 is 14.3 Å². The fraction of sp³-hybridized carbons (Fsp3) is 0.263. The molecule has 26 heavy (non-hydrogen) atoms. The van der Waals surface area contributed by atoms with Gasteiger partial charge in [-0.25, -0.2) is 0 Å². The second-order valence-electron chi connectivity index (χ2n) is 5.98. The molecular weight excluding hydrogens is 375 g/mol. The minimum atomic E-state index is -0.333. The average Bonchev–Trinajstić information content (AvgIpc) is 3.17. The molecule has 0 bridgehead atoms. The van der Waals surface area contributed by atoms with Crippen molar-refractivity contribution in [3.63, 3.8) is 0 Å². The number of hydrogen-bond donors (Lipinski definition) is 2. The molecule has 0 aromatic heterocycles. The van der Waals surface area contributed by atoms with Crippen LogP contribution in [0.3, 0.4) is 0 Å². The molecule has 2 N–H and O–H groups in total. The molecule has 1 fully saturated rings. The maximum atomic E-state index is 12.3. The summed E-state index contributed by atoms with van der Waals surface area (Å²) in [5.74, 6) is -0.522. The van der Waals surface area contributed by atoms with Crippen LogP contribution < -0.4 is 10.6 Å². The van der Waals surface area contributed by atoms with E-state index < -0.39 is 0 Å². The smallest absolute Gasteiger partial charge is 0.255 e. The van der Waals surface area contributed by atoms with E-state index in [-0.39, 0.29) is 22.9 Å². The molecule has 2 amide bonds. The summed E-state index contributed by atoms with van der Waals surface area (Å²) in [6, 6.07) is 11.4. The number of nitrogens with one attached hydrogen (secondary N) is 2. The van der Waals surface area contributed by atoms with Crippen LogP contribution in [0.15, 0.2) is 42.5 Å². The van der Waals surface area contributed by atoms with E-state index in [0.29, 0.717) is 28.4 Å². The Morgan fingerprint density at radius 2 is 1.73 bits per heavy atom. The topological polar surface area (TPSA) is 67.4 Å². The Morgan fingerprint density at radius 3 is 2.38 bits per heavy atom. The Morgan fingerprint density at radius 1 is 1.04 bits per heavy atom. The van der Waals surface area contributed by atoms with Crippen molar-refractivity contribution in [2.24, 2.45) is 0 Å². The second-order valence-corrected chi connectivity index (χ2v) is 6.76. The van der Waals surface area contributed by atoms with Crippen LogP contribution in [0.25, 0.3) is 0 Å². The highest BCUT2D eigenvalue weighted by Crippen LogP contribution is 2.29. The Labute approximate surface area is 161 Å². The van der Waals surface area contributed by atoms with E-state index in [0.717, 1.165) is 19.4 Å². The first-order chi connectivity index (χ1) is 12.5. The SMILES string of the molecule is O=C(NCC1CCCO1)c1ccc(C(=O)Nc2cccc(Cl)c2Cl)cc1. The normalized spacial score (nSPS) is 16.3. The Hall–Kier alpha value is -2.08. The van der Waals surface area contributed by atoms with Crippen LogP contribution >= 0.6 is 23.2 Å². The van der Waals surface area contributed by atoms with Crippen LogP contribution in [0, 0.1) is 0 Å². The third-order valence-electron chi connectivity index (χ3n) is 4.12. The van der Waals surface area contributed by atoms with Crippen molar-refractivity contribution in [2.75, 3.05) is 18.5 Å². The van der Waals surface area contributed by atoms with Crippen LogP contribution in [0.5, 0.6) is 0 Å². The zero-order valence-electron chi connectivity index (χ0n) is 13.9. The number of anilines is 1. The summed E-state index contributed by atoms with van der Waals surface area (Å²) in [7, 11) is 0. The third kappa shape index (κ3) is 4.55. The molecule has 0 radical (unpaired) electrons. The highest BCUT2D eigenvalue weighted by molar-refractivity contribution is 6.44. The molecular formula is C19H18Cl2N2O3. The molecule has 0 saturated carbocycles. The third-order valence-corrected chi connectivity index (χ3v) is 4.94. The van der Waals surface area contributed by atoms with Gasteiger partial charge in [-0.1, -0.05) is 29.3 Å². The predicted molar refractivity (Wildman–Crippen MR) is 102 cm³/mol. The van der Waals surface area contributed by atoms with Crippen LogP contribution in [0.2, 0.25) is 10.0 Å². The fourth-order valence-electron chi connectivity index (χ4n) is 2.68. The van der Waals surface area contributed by atoms with E-state index in [4.69, 9.17) is 27.9 Å². The van der Waals surface area contributed by atoms with E-state index in [1.54, 1.807) is 42.5 Å². The van der Waals surface area contributed by atoms with Gasteiger partial charge in [-0.2, -0.15) is 0 Å². The summed E-state index contributed by atoms with van der Waals surface area (Å²) in [5.41, 5.74) is 1.33. The number of halogens is 2. The van der Waals surface area contributed by atoms with Gasteiger partial charge in [0.1, 0.15) is 0 Å². The van der Waals surface area contributed by atoms with Gasteiger partial charge in [0.2, 0.25) is 0 Å². The zero-order chi connectivity index (χ0) is 18.5. The maximum Gasteiger partial charge on any atom is 0.255 e. The predicted octanol–water partition coefficient (Wildman–Crippen LogP) is 4.15. The summed E-state index contributed by atoms with van der Waals surface area (Å²) < 4.78 is 5.48. The fourth-order valence-corrected chi connectivity index (χ4v) is 3.03. The van der Waals surface area contributed by atoms with E-state index in [1.807, 2.05) is 0 Å². The molecule has 1 atom stereocenters. The first kappa shape index (κ1) is 18.7. The van der Waals surface area contributed by atoms with E-state index in [2.05, 4.69) is 10.6 Å². The van der Waals surface area contributed by atoms with Gasteiger partial charge >= 0.3 is 0 Å². The van der Waals surface area contributed by atoms with Gasteiger partial charge < -0.3 is 15.4 Å². The summed E-state index contributed by atoms with van der Waals surface area (Å²) >= 11 is 12.0.